The lowest BCUT2D eigenvalue weighted by molar-refractivity contribution is -0.137. The van der Waals surface area contributed by atoms with Crippen LogP contribution in [0.5, 0.6) is 5.75 Å². The van der Waals surface area contributed by atoms with Crippen molar-refractivity contribution in [2.45, 2.75) is 30.7 Å². The minimum absolute atomic E-state index is 0.190. The molecule has 0 radical (unpaired) electrons. The van der Waals surface area contributed by atoms with Gasteiger partial charge >= 0.3 is 6.18 Å². The maximum absolute atomic E-state index is 13.1. The molecule has 8 heteroatoms. The topological polar surface area (TPSA) is 55.4 Å². The number of carbonyl (C=O) groups is 2. The van der Waals surface area contributed by atoms with Crippen LogP contribution >= 0.6 is 11.8 Å². The number of ether oxygens (including phenoxy) is 1. The molecule has 0 bridgehead atoms. The first-order valence-electron chi connectivity index (χ1n) is 8.51. The summed E-state index contributed by atoms with van der Waals surface area (Å²) in [5.41, 5.74) is 0.699. The summed E-state index contributed by atoms with van der Waals surface area (Å²) in [4.78, 5) is 24.5. The van der Waals surface area contributed by atoms with E-state index in [0.717, 1.165) is 29.5 Å². The third-order valence-electron chi connectivity index (χ3n) is 4.59. The third kappa shape index (κ3) is 4.32. The summed E-state index contributed by atoms with van der Waals surface area (Å²) in [6, 6.07) is 10.3. The fourth-order valence-corrected chi connectivity index (χ4v) is 4.19. The van der Waals surface area contributed by atoms with Crippen molar-refractivity contribution in [3.8, 4) is 5.75 Å². The Hall–Kier alpha value is -2.48. The molecular formula is C20H18F3NO3S. The Morgan fingerprint density at radius 2 is 1.86 bits per heavy atom. The van der Waals surface area contributed by atoms with Gasteiger partial charge in [-0.05, 0) is 47.9 Å². The van der Waals surface area contributed by atoms with Gasteiger partial charge in [0.05, 0.1) is 17.9 Å². The Labute approximate surface area is 164 Å². The normalized spacial score (nSPS) is 19.4. The summed E-state index contributed by atoms with van der Waals surface area (Å²) in [6.45, 7) is 1.36. The molecule has 0 aromatic heterocycles. The number of amides is 1. The van der Waals surface area contributed by atoms with Crippen molar-refractivity contribution in [3.05, 3.63) is 59.2 Å². The molecule has 2 aromatic rings. The van der Waals surface area contributed by atoms with Crippen LogP contribution in [0.2, 0.25) is 0 Å². The number of nitrogens with one attached hydrogen (secondary N) is 1. The first-order valence-corrected chi connectivity index (χ1v) is 9.39. The van der Waals surface area contributed by atoms with E-state index in [-0.39, 0.29) is 11.5 Å². The van der Waals surface area contributed by atoms with Crippen molar-refractivity contribution in [1.29, 1.82) is 0 Å². The zero-order valence-corrected chi connectivity index (χ0v) is 16.0. The number of carbonyl (C=O) groups excluding carboxylic acids is 2. The Kier molecular flexibility index (Phi) is 5.69. The van der Waals surface area contributed by atoms with E-state index < -0.39 is 28.8 Å². The Morgan fingerprint density at radius 1 is 1.18 bits per heavy atom. The predicted octanol–water partition coefficient (Wildman–Crippen LogP) is 4.64. The molecule has 2 atom stereocenters. The van der Waals surface area contributed by atoms with Crippen molar-refractivity contribution in [2.24, 2.45) is 0 Å². The molecule has 1 amide bonds. The number of fused-ring (bicyclic) bond motifs is 1. The Balaban J connectivity index is 2.06. The van der Waals surface area contributed by atoms with Crippen LogP contribution in [0.4, 0.5) is 18.9 Å². The molecule has 148 valence electrons. The zero-order valence-electron chi connectivity index (χ0n) is 15.2. The highest BCUT2D eigenvalue weighted by atomic mass is 32.2. The van der Waals surface area contributed by atoms with Crippen LogP contribution in [0.15, 0.2) is 42.5 Å². The number of alkyl halides is 3. The molecule has 1 heterocycles. The second-order valence-corrected chi connectivity index (χ2v) is 7.79. The SMILES string of the molecule is COc1ccc([C@H]2Cc3cc(C(F)(F)F)ccc3NC(=O)[C@H]2SC(C)=O)cc1. The minimum atomic E-state index is -4.48. The van der Waals surface area contributed by atoms with Crippen LogP contribution in [0.3, 0.4) is 0 Å². The lowest BCUT2D eigenvalue weighted by Crippen LogP contribution is -2.30. The average molecular weight is 409 g/mol. The molecule has 0 fully saturated rings. The lowest BCUT2D eigenvalue weighted by Gasteiger charge is -2.23. The van der Waals surface area contributed by atoms with Crippen LogP contribution < -0.4 is 10.1 Å². The summed E-state index contributed by atoms with van der Waals surface area (Å²) in [6.07, 6.45) is -4.29. The van der Waals surface area contributed by atoms with Gasteiger partial charge in [0, 0.05) is 18.5 Å². The van der Waals surface area contributed by atoms with Crippen LogP contribution in [-0.2, 0) is 22.2 Å². The molecule has 1 N–H and O–H groups in total. The zero-order chi connectivity index (χ0) is 20.5. The number of anilines is 1. The van der Waals surface area contributed by atoms with Crippen LogP contribution in [-0.4, -0.2) is 23.4 Å². The maximum atomic E-state index is 13.1. The van der Waals surface area contributed by atoms with Gasteiger partial charge in [0.15, 0.2) is 5.12 Å². The molecule has 0 unspecified atom stereocenters. The van der Waals surface area contributed by atoms with Gasteiger partial charge < -0.3 is 10.1 Å². The number of rotatable bonds is 3. The number of benzene rings is 2. The summed E-state index contributed by atoms with van der Waals surface area (Å²) >= 11 is 0.886. The molecular weight excluding hydrogens is 391 g/mol. The highest BCUT2D eigenvalue weighted by Crippen LogP contribution is 2.40. The van der Waals surface area contributed by atoms with Gasteiger partial charge in [-0.15, -0.1) is 0 Å². The van der Waals surface area contributed by atoms with Gasteiger partial charge in [-0.1, -0.05) is 23.9 Å². The highest BCUT2D eigenvalue weighted by Gasteiger charge is 2.37. The largest absolute Gasteiger partial charge is 0.497 e. The van der Waals surface area contributed by atoms with E-state index in [0.29, 0.717) is 17.0 Å². The van der Waals surface area contributed by atoms with Crippen LogP contribution in [0.1, 0.15) is 29.5 Å². The average Bonchev–Trinajstić information content (AvgIpc) is 2.77. The number of halogens is 3. The molecule has 28 heavy (non-hydrogen) atoms. The number of methoxy groups -OCH3 is 1. The van der Waals surface area contributed by atoms with Gasteiger partial charge in [0.25, 0.3) is 0 Å². The summed E-state index contributed by atoms with van der Waals surface area (Å²) in [5, 5.41) is 1.68. The summed E-state index contributed by atoms with van der Waals surface area (Å²) in [7, 11) is 1.53. The fraction of sp³-hybridized carbons (Fsp3) is 0.300. The third-order valence-corrected chi connectivity index (χ3v) is 5.72. The second kappa shape index (κ2) is 7.87. The molecule has 3 rings (SSSR count). The molecule has 0 aliphatic carbocycles. The molecule has 0 saturated heterocycles. The van der Waals surface area contributed by atoms with E-state index in [2.05, 4.69) is 5.32 Å². The van der Waals surface area contributed by atoms with Gasteiger partial charge in [-0.25, -0.2) is 0 Å². The Bertz CT molecular complexity index is 897. The molecule has 1 aliphatic heterocycles. The lowest BCUT2D eigenvalue weighted by atomic mass is 9.88. The van der Waals surface area contributed by atoms with Crippen molar-refractivity contribution in [1.82, 2.24) is 0 Å². The standard InChI is InChI=1S/C20H18F3NO3S/c1-11(25)28-18-16(12-3-6-15(27-2)7-4-12)10-13-9-14(20(21,22)23)5-8-17(13)24-19(18)26/h3-9,16,18H,10H2,1-2H3,(H,24,26)/t16-,18+/m1/s1. The summed E-state index contributed by atoms with van der Waals surface area (Å²) in [5.74, 6) is -0.249. The quantitative estimate of drug-likeness (QED) is 0.803. The van der Waals surface area contributed by atoms with Gasteiger partial charge in [0.2, 0.25) is 5.91 Å². The van der Waals surface area contributed by atoms with E-state index in [1.165, 1.54) is 20.1 Å². The minimum Gasteiger partial charge on any atom is -0.497 e. The molecule has 0 spiro atoms. The van der Waals surface area contributed by atoms with Crippen LogP contribution in [0.25, 0.3) is 0 Å². The van der Waals surface area contributed by atoms with Crippen molar-refractivity contribution in [3.63, 3.8) is 0 Å². The molecule has 1 aliphatic rings. The smallest absolute Gasteiger partial charge is 0.416 e. The van der Waals surface area contributed by atoms with Gasteiger partial charge in [-0.3, -0.25) is 9.59 Å². The maximum Gasteiger partial charge on any atom is 0.416 e. The van der Waals surface area contributed by atoms with E-state index >= 15 is 0 Å². The Morgan fingerprint density at radius 3 is 2.43 bits per heavy atom. The molecule has 4 nitrogen and oxygen atoms in total. The summed E-state index contributed by atoms with van der Waals surface area (Å²) < 4.78 is 44.6. The number of hydrogen-bond acceptors (Lipinski definition) is 4. The van der Waals surface area contributed by atoms with E-state index in [1.54, 1.807) is 24.3 Å². The first kappa shape index (κ1) is 20.3. The van der Waals surface area contributed by atoms with Crippen LogP contribution in [0, 0.1) is 0 Å². The highest BCUT2D eigenvalue weighted by molar-refractivity contribution is 8.14. The van der Waals surface area contributed by atoms with E-state index in [1.807, 2.05) is 0 Å². The van der Waals surface area contributed by atoms with E-state index in [4.69, 9.17) is 4.74 Å². The first-order chi connectivity index (χ1) is 13.2. The van der Waals surface area contributed by atoms with Gasteiger partial charge in [0.1, 0.15) is 5.75 Å². The fourth-order valence-electron chi connectivity index (χ4n) is 3.25. The second-order valence-electron chi connectivity index (χ2n) is 6.47. The van der Waals surface area contributed by atoms with Crippen molar-refractivity contribution < 1.29 is 27.5 Å². The predicted molar refractivity (Wildman–Crippen MR) is 102 cm³/mol. The molecule has 2 aromatic carbocycles. The number of hydrogen-bond donors (Lipinski definition) is 1. The van der Waals surface area contributed by atoms with Crippen molar-refractivity contribution in [2.75, 3.05) is 12.4 Å². The van der Waals surface area contributed by atoms with Crippen molar-refractivity contribution >= 4 is 28.5 Å². The monoisotopic (exact) mass is 409 g/mol. The molecule has 0 saturated carbocycles. The van der Waals surface area contributed by atoms with E-state index in [9.17, 15) is 22.8 Å². The number of thioether (sulfide) groups is 1. The van der Waals surface area contributed by atoms with Gasteiger partial charge in [-0.2, -0.15) is 13.2 Å².